The van der Waals surface area contributed by atoms with Crippen LogP contribution in [0.2, 0.25) is 5.02 Å². The van der Waals surface area contributed by atoms with Crippen LogP contribution in [-0.4, -0.2) is 42.0 Å². The second-order valence-electron chi connectivity index (χ2n) is 7.77. The Labute approximate surface area is 199 Å². The molecule has 0 aliphatic rings. The number of rotatable bonds is 9. The Morgan fingerprint density at radius 2 is 2.06 bits per heavy atom. The van der Waals surface area contributed by atoms with E-state index in [1.165, 1.54) is 7.11 Å². The summed E-state index contributed by atoms with van der Waals surface area (Å²) < 4.78 is 11.0. The highest BCUT2D eigenvalue weighted by Crippen LogP contribution is 2.32. The van der Waals surface area contributed by atoms with Crippen LogP contribution in [0.25, 0.3) is 16.6 Å². The van der Waals surface area contributed by atoms with Crippen LogP contribution >= 0.6 is 11.6 Å². The molecule has 0 radical (unpaired) electrons. The second-order valence-corrected chi connectivity index (χ2v) is 8.18. The number of carbonyl (C=O) groups is 1. The molecule has 2 heterocycles. The summed E-state index contributed by atoms with van der Waals surface area (Å²) in [6, 6.07) is 7.94. The summed E-state index contributed by atoms with van der Waals surface area (Å²) in [7, 11) is 5.37. The number of allylic oxidation sites excluding steroid dienone is 2. The van der Waals surface area contributed by atoms with Crippen LogP contribution in [-0.2, 0) is 22.6 Å². The molecular formula is C26H28ClN3O3. The normalized spacial score (nSPS) is 11.4. The van der Waals surface area contributed by atoms with Gasteiger partial charge >= 0.3 is 5.97 Å². The Morgan fingerprint density at radius 3 is 2.76 bits per heavy atom. The van der Waals surface area contributed by atoms with Crippen molar-refractivity contribution in [3.63, 3.8) is 0 Å². The van der Waals surface area contributed by atoms with Gasteiger partial charge < -0.3 is 14.4 Å². The molecule has 0 saturated heterocycles. The molecule has 3 aromatic rings. The van der Waals surface area contributed by atoms with Crippen molar-refractivity contribution in [3.05, 3.63) is 82.8 Å². The van der Waals surface area contributed by atoms with Crippen molar-refractivity contribution in [3.8, 4) is 5.75 Å². The van der Waals surface area contributed by atoms with Crippen LogP contribution in [0.15, 0.2) is 55.4 Å². The van der Waals surface area contributed by atoms with Gasteiger partial charge in [0.25, 0.3) is 0 Å². The summed E-state index contributed by atoms with van der Waals surface area (Å²) in [4.78, 5) is 22.6. The topological polar surface area (TPSA) is 64.5 Å². The Bertz CT molecular complexity index is 1200. The highest BCUT2D eigenvalue weighted by atomic mass is 35.5. The number of esters is 1. The standard InChI is InChI=1S/C26H28ClN3O3/c1-6-8-23(30(3)4)20-13-17(2)29-26-19(20)9-7-10-24(26)33-16-21-18(11-12-25(31)32-5)14-28-15-22(21)27/h6-10,13-15H,1,11-12,16H2,2-5H3/b23-8-. The van der Waals surface area contributed by atoms with Gasteiger partial charge in [-0.05, 0) is 37.1 Å². The van der Waals surface area contributed by atoms with Crippen molar-refractivity contribution < 1.29 is 14.3 Å². The number of ether oxygens (including phenoxy) is 2. The van der Waals surface area contributed by atoms with Crippen LogP contribution in [0.1, 0.15) is 28.8 Å². The molecule has 0 bridgehead atoms. The number of hydrogen-bond donors (Lipinski definition) is 0. The van der Waals surface area contributed by atoms with E-state index in [1.54, 1.807) is 18.5 Å². The van der Waals surface area contributed by atoms with Crippen LogP contribution in [0.5, 0.6) is 5.75 Å². The third kappa shape index (κ3) is 5.71. The van der Waals surface area contributed by atoms with Gasteiger partial charge in [0.1, 0.15) is 17.9 Å². The van der Waals surface area contributed by atoms with Gasteiger partial charge in [0.2, 0.25) is 0 Å². The number of aromatic nitrogens is 2. The molecule has 6 nitrogen and oxygen atoms in total. The number of hydrogen-bond acceptors (Lipinski definition) is 6. The lowest BCUT2D eigenvalue weighted by Crippen LogP contribution is -2.11. The first kappa shape index (κ1) is 24.3. The van der Waals surface area contributed by atoms with E-state index in [0.717, 1.165) is 39.0 Å². The van der Waals surface area contributed by atoms with Crippen molar-refractivity contribution in [2.24, 2.45) is 0 Å². The van der Waals surface area contributed by atoms with Gasteiger partial charge in [0, 0.05) is 60.8 Å². The largest absolute Gasteiger partial charge is 0.487 e. The van der Waals surface area contributed by atoms with Crippen molar-refractivity contribution in [1.82, 2.24) is 14.9 Å². The zero-order valence-electron chi connectivity index (χ0n) is 19.4. The summed E-state index contributed by atoms with van der Waals surface area (Å²) >= 11 is 6.43. The SMILES string of the molecule is C=C/C=C(/c1cc(C)nc2c(OCc3c(Cl)cncc3CCC(=O)OC)cccc12)N(C)C. The first-order valence-corrected chi connectivity index (χ1v) is 10.9. The fourth-order valence-electron chi connectivity index (χ4n) is 3.64. The molecule has 0 aliphatic carbocycles. The summed E-state index contributed by atoms with van der Waals surface area (Å²) in [6.07, 6.45) is 7.75. The molecule has 172 valence electrons. The van der Waals surface area contributed by atoms with Gasteiger partial charge in [-0.15, -0.1) is 0 Å². The van der Waals surface area contributed by atoms with Crippen LogP contribution in [0.4, 0.5) is 0 Å². The molecule has 0 saturated carbocycles. The molecule has 0 aliphatic heterocycles. The van der Waals surface area contributed by atoms with Crippen molar-refractivity contribution >= 4 is 34.2 Å². The Balaban J connectivity index is 1.98. The van der Waals surface area contributed by atoms with Gasteiger partial charge in [-0.25, -0.2) is 4.98 Å². The molecule has 0 spiro atoms. The molecule has 0 N–H and O–H groups in total. The molecule has 0 amide bonds. The minimum atomic E-state index is -0.285. The van der Waals surface area contributed by atoms with Crippen molar-refractivity contribution in [2.45, 2.75) is 26.4 Å². The van der Waals surface area contributed by atoms with Gasteiger partial charge in [0.05, 0.1) is 12.1 Å². The van der Waals surface area contributed by atoms with E-state index in [-0.39, 0.29) is 19.0 Å². The first-order valence-electron chi connectivity index (χ1n) is 10.6. The van der Waals surface area contributed by atoms with Crippen molar-refractivity contribution in [1.29, 1.82) is 0 Å². The van der Waals surface area contributed by atoms with E-state index in [4.69, 9.17) is 26.1 Å². The number of fused-ring (bicyclic) bond motifs is 1. The maximum atomic E-state index is 11.6. The van der Waals surface area contributed by atoms with E-state index >= 15 is 0 Å². The van der Waals surface area contributed by atoms with E-state index < -0.39 is 0 Å². The molecule has 3 rings (SSSR count). The number of nitrogens with zero attached hydrogens (tertiary/aromatic N) is 3. The third-order valence-corrected chi connectivity index (χ3v) is 5.58. The number of para-hydroxylation sites is 1. The zero-order valence-corrected chi connectivity index (χ0v) is 20.1. The average Bonchev–Trinajstić information content (AvgIpc) is 2.79. The lowest BCUT2D eigenvalue weighted by molar-refractivity contribution is -0.140. The molecular weight excluding hydrogens is 438 g/mol. The van der Waals surface area contributed by atoms with Crippen LogP contribution in [0.3, 0.4) is 0 Å². The number of carbonyl (C=O) groups excluding carboxylic acids is 1. The minimum absolute atomic E-state index is 0.227. The van der Waals surface area contributed by atoms with Gasteiger partial charge in [-0.1, -0.05) is 36.4 Å². The van der Waals surface area contributed by atoms with Gasteiger partial charge in [-0.3, -0.25) is 9.78 Å². The molecule has 7 heteroatoms. The molecule has 2 aromatic heterocycles. The molecule has 0 fully saturated rings. The highest BCUT2D eigenvalue weighted by molar-refractivity contribution is 6.31. The second kappa shape index (κ2) is 11.0. The summed E-state index contributed by atoms with van der Waals surface area (Å²) in [5.41, 5.74) is 5.37. The number of halogens is 1. The van der Waals surface area contributed by atoms with Gasteiger partial charge in [0.15, 0.2) is 0 Å². The van der Waals surface area contributed by atoms with E-state index in [1.807, 2.05) is 50.2 Å². The fraction of sp³-hybridized carbons (Fsp3) is 0.269. The minimum Gasteiger partial charge on any atom is -0.487 e. The van der Waals surface area contributed by atoms with E-state index in [2.05, 4.69) is 17.6 Å². The maximum Gasteiger partial charge on any atom is 0.305 e. The first-order chi connectivity index (χ1) is 15.8. The maximum absolute atomic E-state index is 11.6. The molecule has 33 heavy (non-hydrogen) atoms. The quantitative estimate of drug-likeness (QED) is 0.313. The van der Waals surface area contributed by atoms with Crippen LogP contribution < -0.4 is 4.74 Å². The number of aryl methyl sites for hydroxylation is 2. The smallest absolute Gasteiger partial charge is 0.305 e. The predicted molar refractivity (Wildman–Crippen MR) is 132 cm³/mol. The van der Waals surface area contributed by atoms with Crippen molar-refractivity contribution in [2.75, 3.05) is 21.2 Å². The summed E-state index contributed by atoms with van der Waals surface area (Å²) in [5, 5.41) is 1.47. The lowest BCUT2D eigenvalue weighted by Gasteiger charge is -2.20. The van der Waals surface area contributed by atoms with Gasteiger partial charge in [-0.2, -0.15) is 0 Å². The Kier molecular flexibility index (Phi) is 8.06. The van der Waals surface area contributed by atoms with Crippen LogP contribution in [0, 0.1) is 6.92 Å². The number of methoxy groups -OCH3 is 1. The highest BCUT2D eigenvalue weighted by Gasteiger charge is 2.15. The Morgan fingerprint density at radius 1 is 1.27 bits per heavy atom. The molecule has 1 aromatic carbocycles. The average molecular weight is 466 g/mol. The summed E-state index contributed by atoms with van der Waals surface area (Å²) in [6.45, 7) is 6.04. The number of benzene rings is 1. The number of pyridine rings is 2. The third-order valence-electron chi connectivity index (χ3n) is 5.26. The molecule has 0 atom stereocenters. The monoisotopic (exact) mass is 465 g/mol. The van der Waals surface area contributed by atoms with E-state index in [0.29, 0.717) is 17.2 Å². The van der Waals surface area contributed by atoms with E-state index in [9.17, 15) is 4.79 Å². The summed E-state index contributed by atoms with van der Waals surface area (Å²) in [5.74, 6) is 0.369. The lowest BCUT2D eigenvalue weighted by atomic mass is 10.0. The predicted octanol–water partition coefficient (Wildman–Crippen LogP) is 5.36. The Hall–Kier alpha value is -3.38. The molecule has 0 unspecified atom stereocenters. The zero-order chi connectivity index (χ0) is 24.0. The fourth-order valence-corrected chi connectivity index (χ4v) is 3.87.